The van der Waals surface area contributed by atoms with Crippen molar-refractivity contribution in [1.29, 1.82) is 0 Å². The second-order valence-electron chi connectivity index (χ2n) is 9.22. The number of β-amino-alcohol motifs (C(OH)–C–C–N with tert-alkyl or cyclic N) is 1. The number of carbonyl (C=O) groups is 2. The van der Waals surface area contributed by atoms with Crippen molar-refractivity contribution in [3.05, 3.63) is 65.5 Å². The van der Waals surface area contributed by atoms with E-state index in [0.29, 0.717) is 25.0 Å². The summed E-state index contributed by atoms with van der Waals surface area (Å²) >= 11 is 0. The average Bonchev–Trinajstić information content (AvgIpc) is 3.22. The first-order valence-electron chi connectivity index (χ1n) is 11.8. The van der Waals surface area contributed by atoms with Crippen LogP contribution in [0.25, 0.3) is 0 Å². The van der Waals surface area contributed by atoms with Crippen LogP contribution < -0.4 is 10.6 Å². The van der Waals surface area contributed by atoms with Crippen molar-refractivity contribution in [2.75, 3.05) is 19.6 Å². The largest absolute Gasteiger partial charge is 0.416 e. The lowest BCUT2D eigenvalue weighted by Gasteiger charge is -2.34. The number of rotatable bonds is 6. The van der Waals surface area contributed by atoms with Crippen molar-refractivity contribution >= 4 is 11.8 Å². The predicted octanol–water partition coefficient (Wildman–Crippen LogP) is 2.72. The molecule has 0 unspecified atom stereocenters. The molecule has 10 heteroatoms. The Balaban J connectivity index is 1.23. The number of hydrogen-bond acceptors (Lipinski definition) is 5. The van der Waals surface area contributed by atoms with Crippen molar-refractivity contribution in [2.45, 2.75) is 56.0 Å². The Labute approximate surface area is 201 Å². The van der Waals surface area contributed by atoms with E-state index in [9.17, 15) is 27.9 Å². The predicted molar refractivity (Wildman–Crippen MR) is 123 cm³/mol. The minimum absolute atomic E-state index is 0.180. The number of carbonyl (C=O) groups excluding carboxylic acids is 2. The minimum Gasteiger partial charge on any atom is -0.390 e. The lowest BCUT2D eigenvalue weighted by Crippen LogP contribution is -2.47. The van der Waals surface area contributed by atoms with Crippen LogP contribution in [0.2, 0.25) is 0 Å². The van der Waals surface area contributed by atoms with Gasteiger partial charge in [0.25, 0.3) is 5.91 Å². The highest BCUT2D eigenvalue weighted by Gasteiger charge is 2.37. The first-order valence-corrected chi connectivity index (χ1v) is 11.8. The lowest BCUT2D eigenvalue weighted by atomic mass is 9.83. The van der Waals surface area contributed by atoms with Gasteiger partial charge in [0, 0.05) is 42.5 Å². The number of hydrogen-bond donors (Lipinski definition) is 3. The van der Waals surface area contributed by atoms with Crippen molar-refractivity contribution < 1.29 is 27.9 Å². The zero-order chi connectivity index (χ0) is 25.0. The molecule has 4 rings (SSSR count). The number of aromatic nitrogens is 1. The summed E-state index contributed by atoms with van der Waals surface area (Å²) in [4.78, 5) is 31.2. The van der Waals surface area contributed by atoms with Crippen LogP contribution >= 0.6 is 0 Å². The van der Waals surface area contributed by atoms with Crippen LogP contribution in [0.1, 0.15) is 53.2 Å². The molecule has 0 bridgehead atoms. The number of likely N-dealkylation sites (tertiary alicyclic amines) is 1. The molecule has 7 nitrogen and oxygen atoms in total. The van der Waals surface area contributed by atoms with Gasteiger partial charge in [0.15, 0.2) is 0 Å². The highest BCUT2D eigenvalue weighted by Crippen LogP contribution is 2.35. The normalized spacial score (nSPS) is 25.3. The minimum atomic E-state index is -4.56. The number of pyridine rings is 1. The number of amides is 2. The molecule has 3 N–H and O–H groups in total. The van der Waals surface area contributed by atoms with Crippen LogP contribution in [0.3, 0.4) is 0 Å². The molecule has 1 aromatic heterocycles. The van der Waals surface area contributed by atoms with Crippen LogP contribution in [0.4, 0.5) is 13.2 Å². The lowest BCUT2D eigenvalue weighted by molar-refractivity contribution is -0.137. The standard InChI is InChI=1S/C25H29F3N4O3/c26-25(27,28)18-5-3-4-17(12-18)24(35)30-13-23(34)31-21-14-32(15-22(21)33)19-9-7-16(8-10-19)20-6-1-2-11-29-20/h1-6,11-12,16,19,21-22,33H,7-10,13-15H2,(H,30,35)(H,31,34)/t16?,19?,21-,22-/m0/s1. The summed E-state index contributed by atoms with van der Waals surface area (Å²) in [5.74, 6) is -0.837. The van der Waals surface area contributed by atoms with E-state index in [0.717, 1.165) is 49.6 Å². The van der Waals surface area contributed by atoms with Gasteiger partial charge in [0.2, 0.25) is 5.91 Å². The monoisotopic (exact) mass is 490 g/mol. The number of benzene rings is 1. The van der Waals surface area contributed by atoms with Gasteiger partial charge in [-0.1, -0.05) is 12.1 Å². The molecule has 2 atom stereocenters. The quantitative estimate of drug-likeness (QED) is 0.579. The Morgan fingerprint density at radius 3 is 2.51 bits per heavy atom. The Morgan fingerprint density at radius 2 is 1.83 bits per heavy atom. The van der Waals surface area contributed by atoms with E-state index in [1.165, 1.54) is 6.07 Å². The SMILES string of the molecule is O=C(CNC(=O)c1cccc(C(F)(F)F)c1)N[C@H]1CN(C2CCC(c3ccccn3)CC2)C[C@@H]1O. The zero-order valence-corrected chi connectivity index (χ0v) is 19.2. The van der Waals surface area contributed by atoms with Gasteiger partial charge in [-0.3, -0.25) is 19.5 Å². The van der Waals surface area contributed by atoms with Crippen molar-refractivity contribution in [2.24, 2.45) is 0 Å². The highest BCUT2D eigenvalue weighted by atomic mass is 19.4. The number of alkyl halides is 3. The molecule has 1 aromatic carbocycles. The molecule has 0 spiro atoms. The molecule has 2 heterocycles. The fourth-order valence-electron chi connectivity index (χ4n) is 4.97. The fraction of sp³-hybridized carbons (Fsp3) is 0.480. The number of nitrogens with zero attached hydrogens (tertiary/aromatic N) is 2. The fourth-order valence-corrected chi connectivity index (χ4v) is 4.97. The molecule has 35 heavy (non-hydrogen) atoms. The Morgan fingerprint density at radius 1 is 1.06 bits per heavy atom. The van der Waals surface area contributed by atoms with E-state index >= 15 is 0 Å². The maximum absolute atomic E-state index is 12.8. The number of aliphatic hydroxyl groups excluding tert-OH is 1. The molecule has 0 radical (unpaired) electrons. The highest BCUT2D eigenvalue weighted by molar-refractivity contribution is 5.96. The van der Waals surface area contributed by atoms with Gasteiger partial charge in [0.05, 0.1) is 24.3 Å². The van der Waals surface area contributed by atoms with E-state index < -0.39 is 42.2 Å². The first kappa shape index (κ1) is 25.1. The number of halogens is 3. The Kier molecular flexibility index (Phi) is 7.71. The van der Waals surface area contributed by atoms with Gasteiger partial charge < -0.3 is 15.7 Å². The summed E-state index contributed by atoms with van der Waals surface area (Å²) in [6, 6.07) is 9.84. The third-order valence-electron chi connectivity index (χ3n) is 6.84. The van der Waals surface area contributed by atoms with Crippen molar-refractivity contribution in [3.63, 3.8) is 0 Å². The van der Waals surface area contributed by atoms with E-state index in [4.69, 9.17) is 0 Å². The summed E-state index contributed by atoms with van der Waals surface area (Å²) < 4.78 is 38.5. The van der Waals surface area contributed by atoms with Crippen LogP contribution in [0.5, 0.6) is 0 Å². The molecular weight excluding hydrogens is 461 g/mol. The first-order chi connectivity index (χ1) is 16.7. The van der Waals surface area contributed by atoms with E-state index in [2.05, 4.69) is 26.6 Å². The summed E-state index contributed by atoms with van der Waals surface area (Å²) in [5, 5.41) is 15.6. The average molecular weight is 491 g/mol. The molecule has 188 valence electrons. The molecule has 2 fully saturated rings. The molecule has 1 saturated heterocycles. The van der Waals surface area contributed by atoms with Gasteiger partial charge in [-0.15, -0.1) is 0 Å². The van der Waals surface area contributed by atoms with E-state index in [1.807, 2.05) is 18.3 Å². The number of nitrogens with one attached hydrogen (secondary N) is 2. The zero-order valence-electron chi connectivity index (χ0n) is 19.2. The topological polar surface area (TPSA) is 94.6 Å². The summed E-state index contributed by atoms with van der Waals surface area (Å²) in [6.45, 7) is 0.571. The molecule has 2 amide bonds. The molecule has 1 saturated carbocycles. The third-order valence-corrected chi connectivity index (χ3v) is 6.84. The third kappa shape index (κ3) is 6.37. The Hall–Kier alpha value is -2.98. The van der Waals surface area contributed by atoms with Crippen molar-refractivity contribution in [1.82, 2.24) is 20.5 Å². The molecule has 2 aliphatic rings. The van der Waals surface area contributed by atoms with Gasteiger partial charge >= 0.3 is 6.18 Å². The summed E-state index contributed by atoms with van der Waals surface area (Å²) in [5.41, 5.74) is 0.00330. The van der Waals surface area contributed by atoms with Gasteiger partial charge in [-0.05, 0) is 56.0 Å². The number of aliphatic hydroxyl groups is 1. The maximum Gasteiger partial charge on any atom is 0.416 e. The van der Waals surface area contributed by atoms with E-state index in [-0.39, 0.29) is 5.56 Å². The smallest absolute Gasteiger partial charge is 0.390 e. The maximum atomic E-state index is 12.8. The van der Waals surface area contributed by atoms with Crippen molar-refractivity contribution in [3.8, 4) is 0 Å². The summed E-state index contributed by atoms with van der Waals surface area (Å²) in [7, 11) is 0. The van der Waals surface area contributed by atoms with Crippen LogP contribution in [0, 0.1) is 0 Å². The van der Waals surface area contributed by atoms with Crippen LogP contribution in [-0.2, 0) is 11.0 Å². The van der Waals surface area contributed by atoms with Gasteiger partial charge in [0.1, 0.15) is 0 Å². The van der Waals surface area contributed by atoms with Crippen LogP contribution in [-0.4, -0.2) is 64.6 Å². The second kappa shape index (κ2) is 10.7. The van der Waals surface area contributed by atoms with Gasteiger partial charge in [-0.25, -0.2) is 0 Å². The van der Waals surface area contributed by atoms with Gasteiger partial charge in [-0.2, -0.15) is 13.2 Å². The molecular formula is C25H29F3N4O3. The molecule has 2 aromatic rings. The molecule has 1 aliphatic carbocycles. The summed E-state index contributed by atoms with van der Waals surface area (Å²) in [6.07, 6.45) is 0.540. The molecule has 1 aliphatic heterocycles. The Bertz CT molecular complexity index is 1030. The second-order valence-corrected chi connectivity index (χ2v) is 9.22. The van der Waals surface area contributed by atoms with E-state index in [1.54, 1.807) is 0 Å². The van der Waals surface area contributed by atoms with Crippen LogP contribution in [0.15, 0.2) is 48.7 Å².